The Balaban J connectivity index is 2.39. The third-order valence-corrected chi connectivity index (χ3v) is 3.26. The number of rotatable bonds is 6. The van der Waals surface area contributed by atoms with Crippen molar-refractivity contribution in [3.8, 4) is 0 Å². The van der Waals surface area contributed by atoms with Crippen molar-refractivity contribution in [2.75, 3.05) is 30.0 Å². The van der Waals surface area contributed by atoms with Gasteiger partial charge in [0.15, 0.2) is 0 Å². The fourth-order valence-electron chi connectivity index (χ4n) is 2.09. The van der Waals surface area contributed by atoms with Crippen LogP contribution in [-0.2, 0) is 0 Å². The normalized spacial score (nSPS) is 15.1. The molecule has 1 aliphatic carbocycles. The van der Waals surface area contributed by atoms with Gasteiger partial charge in [-0.3, -0.25) is 0 Å². The Hall–Kier alpha value is -1.61. The largest absolute Gasteiger partial charge is 0.405 e. The second-order valence-electron chi connectivity index (χ2n) is 5.06. The minimum atomic E-state index is -4.39. The van der Waals surface area contributed by atoms with E-state index in [1.54, 1.807) is 6.92 Å². The minimum Gasteiger partial charge on any atom is -0.395 e. The molecule has 1 aromatic rings. The summed E-state index contributed by atoms with van der Waals surface area (Å²) in [6, 6.07) is 0. The first-order valence-corrected chi connectivity index (χ1v) is 6.63. The van der Waals surface area contributed by atoms with Gasteiger partial charge in [-0.2, -0.15) is 13.2 Å². The highest BCUT2D eigenvalue weighted by molar-refractivity contribution is 5.58. The number of nitrogens with one attached hydrogen (secondary N) is 1. The second-order valence-corrected chi connectivity index (χ2v) is 5.06. The molecule has 21 heavy (non-hydrogen) atoms. The Morgan fingerprint density at radius 1 is 1.38 bits per heavy atom. The lowest BCUT2D eigenvalue weighted by molar-refractivity contribution is -0.120. The van der Waals surface area contributed by atoms with Crippen LogP contribution in [0.25, 0.3) is 0 Å². The maximum Gasteiger partial charge on any atom is 0.405 e. The van der Waals surface area contributed by atoms with Gasteiger partial charge in [0.05, 0.1) is 6.61 Å². The molecule has 1 saturated carbocycles. The van der Waals surface area contributed by atoms with Crippen LogP contribution in [0.3, 0.4) is 0 Å². The average molecular weight is 305 g/mol. The number of nitrogens with zero attached hydrogens (tertiary/aromatic N) is 3. The van der Waals surface area contributed by atoms with E-state index in [2.05, 4.69) is 15.4 Å². The number of anilines is 2. The monoisotopic (exact) mass is 305 g/mol. The van der Waals surface area contributed by atoms with E-state index in [9.17, 15) is 13.2 Å². The number of nitrogens with two attached hydrogens (primary N) is 1. The Bertz CT molecular complexity index is 504. The van der Waals surface area contributed by atoms with Crippen molar-refractivity contribution in [2.45, 2.75) is 31.9 Å². The van der Waals surface area contributed by atoms with E-state index >= 15 is 0 Å². The number of halogens is 3. The highest BCUT2D eigenvalue weighted by atomic mass is 19.4. The topological polar surface area (TPSA) is 87.3 Å². The van der Waals surface area contributed by atoms with Gasteiger partial charge in [-0.05, 0) is 19.8 Å². The zero-order chi connectivity index (χ0) is 15.6. The third kappa shape index (κ3) is 3.94. The molecule has 0 unspecified atom stereocenters. The summed E-state index contributed by atoms with van der Waals surface area (Å²) in [5.41, 5.74) is 2.83. The number of aromatic nitrogens is 2. The van der Waals surface area contributed by atoms with Crippen LogP contribution in [-0.4, -0.2) is 40.9 Å². The summed E-state index contributed by atoms with van der Waals surface area (Å²) in [6.07, 6.45) is -2.54. The van der Waals surface area contributed by atoms with Crippen molar-refractivity contribution >= 4 is 11.6 Å². The van der Waals surface area contributed by atoms with Crippen LogP contribution in [0.5, 0.6) is 0 Å². The molecule has 1 aromatic heterocycles. The zero-order valence-corrected chi connectivity index (χ0v) is 11.6. The number of aliphatic hydroxyl groups excluding tert-OH is 1. The highest BCUT2D eigenvalue weighted by Crippen LogP contribution is 2.40. The number of hydrogen-bond donors (Lipinski definition) is 3. The summed E-state index contributed by atoms with van der Waals surface area (Å²) >= 11 is 0. The van der Waals surface area contributed by atoms with Crippen LogP contribution in [0.1, 0.15) is 30.1 Å². The van der Waals surface area contributed by atoms with Gasteiger partial charge in [-0.15, -0.1) is 0 Å². The lowest BCUT2D eigenvalue weighted by Crippen LogP contribution is -2.37. The highest BCUT2D eigenvalue weighted by Gasteiger charge is 2.34. The predicted octanol–water partition coefficient (Wildman–Crippen LogP) is 1.31. The average Bonchev–Trinajstić information content (AvgIpc) is 3.21. The quantitative estimate of drug-likeness (QED) is 0.542. The third-order valence-electron chi connectivity index (χ3n) is 3.26. The SMILES string of the molecule is Cc1c(NN)nc(C2CC2)nc1N(CCO)CC(F)(F)F. The van der Waals surface area contributed by atoms with E-state index in [0.717, 1.165) is 17.7 Å². The molecule has 0 radical (unpaired) electrons. The van der Waals surface area contributed by atoms with Crippen LogP contribution in [0.15, 0.2) is 0 Å². The van der Waals surface area contributed by atoms with E-state index in [4.69, 9.17) is 10.9 Å². The van der Waals surface area contributed by atoms with Gasteiger partial charge in [-0.25, -0.2) is 15.8 Å². The van der Waals surface area contributed by atoms with Crippen LogP contribution < -0.4 is 16.2 Å². The van der Waals surface area contributed by atoms with Gasteiger partial charge >= 0.3 is 6.18 Å². The molecule has 2 rings (SSSR count). The first kappa shape index (κ1) is 15.8. The van der Waals surface area contributed by atoms with E-state index in [-0.39, 0.29) is 18.3 Å². The standard InChI is InChI=1S/C12H18F3N5O/c1-7-9(19-16)17-10(8-2-3-8)18-11(7)20(4-5-21)6-12(13,14)15/h8,21H,2-6,16H2,1H3,(H,17,18,19). The summed E-state index contributed by atoms with van der Waals surface area (Å²) in [6.45, 7) is -0.142. The summed E-state index contributed by atoms with van der Waals surface area (Å²) < 4.78 is 38.1. The van der Waals surface area contributed by atoms with Crippen LogP contribution in [0.2, 0.25) is 0 Å². The van der Waals surface area contributed by atoms with Gasteiger partial charge in [0.1, 0.15) is 24.0 Å². The summed E-state index contributed by atoms with van der Waals surface area (Å²) in [7, 11) is 0. The molecule has 4 N–H and O–H groups in total. The molecule has 0 aromatic carbocycles. The lowest BCUT2D eigenvalue weighted by atomic mass is 10.2. The second kappa shape index (κ2) is 6.02. The van der Waals surface area contributed by atoms with Gasteiger partial charge in [0, 0.05) is 18.0 Å². The molecule has 1 fully saturated rings. The molecule has 0 saturated heterocycles. The number of nitrogen functional groups attached to an aromatic ring is 1. The predicted molar refractivity (Wildman–Crippen MR) is 71.9 cm³/mol. The molecule has 0 aliphatic heterocycles. The van der Waals surface area contributed by atoms with Gasteiger partial charge in [0.2, 0.25) is 0 Å². The summed E-state index contributed by atoms with van der Waals surface area (Å²) in [5.74, 6) is 6.52. The molecule has 0 amide bonds. The first-order chi connectivity index (χ1) is 9.85. The number of hydrogen-bond acceptors (Lipinski definition) is 6. The van der Waals surface area contributed by atoms with E-state index in [1.807, 2.05) is 0 Å². The molecule has 6 nitrogen and oxygen atoms in total. The van der Waals surface area contributed by atoms with Crippen molar-refractivity contribution in [1.29, 1.82) is 0 Å². The van der Waals surface area contributed by atoms with Crippen molar-refractivity contribution in [2.24, 2.45) is 5.84 Å². The van der Waals surface area contributed by atoms with Crippen molar-refractivity contribution < 1.29 is 18.3 Å². The Morgan fingerprint density at radius 2 is 2.05 bits per heavy atom. The Morgan fingerprint density at radius 3 is 2.52 bits per heavy atom. The minimum absolute atomic E-state index is 0.159. The van der Waals surface area contributed by atoms with Gasteiger partial charge < -0.3 is 15.4 Å². The number of aliphatic hydroxyl groups is 1. The Labute approximate surface area is 120 Å². The van der Waals surface area contributed by atoms with Crippen LogP contribution >= 0.6 is 0 Å². The lowest BCUT2D eigenvalue weighted by Gasteiger charge is -2.26. The molecular formula is C12H18F3N5O. The smallest absolute Gasteiger partial charge is 0.395 e. The number of hydrazine groups is 1. The maximum atomic E-state index is 12.7. The molecule has 0 atom stereocenters. The molecule has 0 spiro atoms. The van der Waals surface area contributed by atoms with Gasteiger partial charge in [-0.1, -0.05) is 0 Å². The zero-order valence-electron chi connectivity index (χ0n) is 11.6. The summed E-state index contributed by atoms with van der Waals surface area (Å²) in [4.78, 5) is 9.49. The van der Waals surface area contributed by atoms with Crippen molar-refractivity contribution in [3.05, 3.63) is 11.4 Å². The fraction of sp³-hybridized carbons (Fsp3) is 0.667. The molecule has 0 bridgehead atoms. The molecule has 118 valence electrons. The fourth-order valence-corrected chi connectivity index (χ4v) is 2.09. The Kier molecular flexibility index (Phi) is 4.52. The van der Waals surface area contributed by atoms with Gasteiger partial charge in [0.25, 0.3) is 0 Å². The van der Waals surface area contributed by atoms with E-state index in [0.29, 0.717) is 17.2 Å². The maximum absolute atomic E-state index is 12.7. The molecule has 1 heterocycles. The van der Waals surface area contributed by atoms with Crippen LogP contribution in [0, 0.1) is 6.92 Å². The summed E-state index contributed by atoms with van der Waals surface area (Å²) in [5, 5.41) is 9.01. The number of alkyl halides is 3. The van der Waals surface area contributed by atoms with Crippen molar-refractivity contribution in [3.63, 3.8) is 0 Å². The van der Waals surface area contributed by atoms with Crippen LogP contribution in [0.4, 0.5) is 24.8 Å². The molecular weight excluding hydrogens is 287 g/mol. The molecule has 1 aliphatic rings. The van der Waals surface area contributed by atoms with E-state index in [1.165, 1.54) is 0 Å². The molecule has 9 heteroatoms. The van der Waals surface area contributed by atoms with Crippen molar-refractivity contribution in [1.82, 2.24) is 9.97 Å². The first-order valence-electron chi connectivity index (χ1n) is 6.63. The van der Waals surface area contributed by atoms with E-state index < -0.39 is 19.3 Å².